The fourth-order valence-corrected chi connectivity index (χ4v) is 4.69. The van der Waals surface area contributed by atoms with Gasteiger partial charge in [-0.25, -0.2) is 13.1 Å². The van der Waals surface area contributed by atoms with Crippen molar-refractivity contribution < 1.29 is 13.2 Å². The summed E-state index contributed by atoms with van der Waals surface area (Å²) >= 11 is 11.9. The number of benzene rings is 2. The highest BCUT2D eigenvalue weighted by Crippen LogP contribution is 2.24. The summed E-state index contributed by atoms with van der Waals surface area (Å²) in [7, 11) is -3.52. The first-order valence-electron chi connectivity index (χ1n) is 9.14. The predicted octanol–water partition coefficient (Wildman–Crippen LogP) is 3.79. The van der Waals surface area contributed by atoms with Gasteiger partial charge < -0.3 is 4.74 Å². The van der Waals surface area contributed by atoms with Crippen LogP contribution in [0.2, 0.25) is 10.0 Å². The second-order valence-electron chi connectivity index (χ2n) is 6.93. The summed E-state index contributed by atoms with van der Waals surface area (Å²) in [5, 5.41) is 0.753. The summed E-state index contributed by atoms with van der Waals surface area (Å²) < 4.78 is 33.5. The normalized spacial score (nSPS) is 16.8. The third kappa shape index (κ3) is 5.92. The number of rotatable bonds is 7. The molecule has 1 unspecified atom stereocenters. The van der Waals surface area contributed by atoms with Gasteiger partial charge in [0.05, 0.1) is 29.0 Å². The molecular formula is C20H24Cl2N2O3S. The fraction of sp³-hybridized carbons (Fsp3) is 0.400. The van der Waals surface area contributed by atoms with Crippen molar-refractivity contribution in [2.75, 3.05) is 32.8 Å². The quantitative estimate of drug-likeness (QED) is 0.708. The monoisotopic (exact) mass is 442 g/mol. The molecule has 0 radical (unpaired) electrons. The van der Waals surface area contributed by atoms with E-state index in [9.17, 15) is 8.42 Å². The topological polar surface area (TPSA) is 58.6 Å². The minimum Gasteiger partial charge on any atom is -0.379 e. The van der Waals surface area contributed by atoms with Crippen LogP contribution in [0.3, 0.4) is 0 Å². The van der Waals surface area contributed by atoms with Crippen molar-refractivity contribution in [3.8, 4) is 0 Å². The Morgan fingerprint density at radius 3 is 2.39 bits per heavy atom. The Balaban J connectivity index is 1.72. The number of hydrogen-bond donors (Lipinski definition) is 1. The molecule has 2 aromatic rings. The lowest BCUT2D eigenvalue weighted by Gasteiger charge is -2.35. The van der Waals surface area contributed by atoms with Crippen molar-refractivity contribution in [1.29, 1.82) is 0 Å². The van der Waals surface area contributed by atoms with Crippen LogP contribution in [0.25, 0.3) is 0 Å². The summed E-state index contributed by atoms with van der Waals surface area (Å²) in [6, 6.07) is 13.0. The lowest BCUT2D eigenvalue weighted by Crippen LogP contribution is -2.44. The molecule has 1 heterocycles. The second-order valence-corrected chi connectivity index (χ2v) is 9.55. The molecule has 1 saturated heterocycles. The molecule has 0 saturated carbocycles. The number of nitrogens with one attached hydrogen (secondary N) is 1. The Morgan fingerprint density at radius 1 is 1.07 bits per heavy atom. The average molecular weight is 443 g/mol. The maximum Gasteiger partial charge on any atom is 0.215 e. The van der Waals surface area contributed by atoms with Crippen molar-refractivity contribution in [3.05, 3.63) is 69.2 Å². The number of morpholine rings is 1. The molecule has 152 valence electrons. The van der Waals surface area contributed by atoms with E-state index in [1.54, 1.807) is 18.2 Å². The van der Waals surface area contributed by atoms with Gasteiger partial charge in [-0.15, -0.1) is 0 Å². The van der Waals surface area contributed by atoms with Gasteiger partial charge >= 0.3 is 0 Å². The fourth-order valence-electron chi connectivity index (χ4n) is 3.24. The van der Waals surface area contributed by atoms with Gasteiger partial charge in [0.1, 0.15) is 0 Å². The lowest BCUT2D eigenvalue weighted by atomic mass is 10.0. The third-order valence-electron chi connectivity index (χ3n) is 4.79. The first kappa shape index (κ1) is 21.6. The molecule has 0 aliphatic carbocycles. The lowest BCUT2D eigenvalue weighted by molar-refractivity contribution is 0.0172. The van der Waals surface area contributed by atoms with E-state index in [2.05, 4.69) is 21.8 Å². The van der Waals surface area contributed by atoms with Crippen molar-refractivity contribution in [2.24, 2.45) is 0 Å². The van der Waals surface area contributed by atoms with Gasteiger partial charge in [-0.1, -0.05) is 59.1 Å². The second kappa shape index (κ2) is 9.57. The number of halogens is 2. The molecule has 8 heteroatoms. The Labute approximate surface area is 176 Å². The number of ether oxygens (including phenoxy) is 1. The summed E-state index contributed by atoms with van der Waals surface area (Å²) in [5.41, 5.74) is 2.86. The number of aryl methyl sites for hydroxylation is 1. The van der Waals surface area contributed by atoms with Crippen molar-refractivity contribution in [1.82, 2.24) is 9.62 Å². The van der Waals surface area contributed by atoms with Crippen molar-refractivity contribution in [2.45, 2.75) is 18.7 Å². The maximum absolute atomic E-state index is 12.6. The Bertz CT molecular complexity index is 898. The number of nitrogens with zero attached hydrogens (tertiary/aromatic N) is 1. The van der Waals surface area contributed by atoms with Crippen molar-refractivity contribution >= 4 is 33.2 Å². The van der Waals surface area contributed by atoms with Gasteiger partial charge in [0.2, 0.25) is 10.0 Å². The van der Waals surface area contributed by atoms with E-state index < -0.39 is 10.0 Å². The molecule has 1 fully saturated rings. The summed E-state index contributed by atoms with van der Waals surface area (Å²) in [4.78, 5) is 2.26. The molecule has 0 spiro atoms. The standard InChI is InChI=1S/C20H24Cl2N2O3S/c1-15-2-5-17(6-3-15)20(24-8-10-27-11-9-24)13-23-28(25,26)14-16-4-7-18(21)19(22)12-16/h2-7,12,20,23H,8-11,13-14H2,1H3. The molecular weight excluding hydrogens is 419 g/mol. The van der Waals surface area contributed by atoms with Gasteiger partial charge in [-0.3, -0.25) is 4.90 Å². The van der Waals surface area contributed by atoms with Crippen LogP contribution in [0.1, 0.15) is 22.7 Å². The highest BCUT2D eigenvalue weighted by atomic mass is 35.5. The van der Waals surface area contributed by atoms with E-state index in [4.69, 9.17) is 27.9 Å². The smallest absolute Gasteiger partial charge is 0.215 e. The van der Waals surface area contributed by atoms with Crippen LogP contribution in [0, 0.1) is 6.92 Å². The zero-order valence-electron chi connectivity index (χ0n) is 15.7. The van der Waals surface area contributed by atoms with Crippen LogP contribution in [0.4, 0.5) is 0 Å². The molecule has 28 heavy (non-hydrogen) atoms. The first-order chi connectivity index (χ1) is 13.3. The summed E-state index contributed by atoms with van der Waals surface area (Å²) in [6.45, 7) is 5.18. The summed E-state index contributed by atoms with van der Waals surface area (Å²) in [6.07, 6.45) is 0. The zero-order valence-corrected chi connectivity index (χ0v) is 18.0. The van der Waals surface area contributed by atoms with Gasteiger partial charge in [0, 0.05) is 25.7 Å². The highest BCUT2D eigenvalue weighted by molar-refractivity contribution is 7.88. The van der Waals surface area contributed by atoms with E-state index in [0.29, 0.717) is 35.4 Å². The van der Waals surface area contributed by atoms with Crippen LogP contribution < -0.4 is 4.72 Å². The Hall–Kier alpha value is -1.15. The van der Waals surface area contributed by atoms with Crippen LogP contribution in [-0.2, 0) is 20.5 Å². The molecule has 0 amide bonds. The molecule has 2 aromatic carbocycles. The van der Waals surface area contributed by atoms with E-state index in [-0.39, 0.29) is 11.8 Å². The van der Waals surface area contributed by atoms with Crippen LogP contribution in [0.5, 0.6) is 0 Å². The Kier molecular flexibility index (Phi) is 7.36. The van der Waals surface area contributed by atoms with E-state index in [0.717, 1.165) is 18.7 Å². The van der Waals surface area contributed by atoms with E-state index in [1.807, 2.05) is 19.1 Å². The van der Waals surface area contributed by atoms with Gasteiger partial charge in [0.15, 0.2) is 0 Å². The minimum atomic E-state index is -3.52. The first-order valence-corrected chi connectivity index (χ1v) is 11.5. The molecule has 0 aromatic heterocycles. The SMILES string of the molecule is Cc1ccc(C(CNS(=O)(=O)Cc2ccc(Cl)c(Cl)c2)N2CCOCC2)cc1. The van der Waals surface area contributed by atoms with Gasteiger partial charge in [-0.05, 0) is 30.2 Å². The minimum absolute atomic E-state index is 0.0481. The molecule has 3 rings (SSSR count). The Morgan fingerprint density at radius 2 is 1.75 bits per heavy atom. The number of hydrogen-bond acceptors (Lipinski definition) is 4. The van der Waals surface area contributed by atoms with Crippen molar-refractivity contribution in [3.63, 3.8) is 0 Å². The van der Waals surface area contributed by atoms with E-state index in [1.165, 1.54) is 5.56 Å². The van der Waals surface area contributed by atoms with E-state index >= 15 is 0 Å². The zero-order chi connectivity index (χ0) is 20.1. The largest absolute Gasteiger partial charge is 0.379 e. The highest BCUT2D eigenvalue weighted by Gasteiger charge is 2.24. The van der Waals surface area contributed by atoms with Gasteiger partial charge in [-0.2, -0.15) is 0 Å². The molecule has 1 N–H and O–H groups in total. The molecule has 1 atom stereocenters. The third-order valence-corrected chi connectivity index (χ3v) is 6.84. The average Bonchev–Trinajstić information content (AvgIpc) is 2.67. The molecule has 1 aliphatic heterocycles. The summed E-state index contributed by atoms with van der Waals surface area (Å²) in [5.74, 6) is -0.145. The van der Waals surface area contributed by atoms with Crippen LogP contribution in [-0.4, -0.2) is 46.2 Å². The van der Waals surface area contributed by atoms with Crippen LogP contribution in [0.15, 0.2) is 42.5 Å². The van der Waals surface area contributed by atoms with Crippen LogP contribution >= 0.6 is 23.2 Å². The van der Waals surface area contributed by atoms with Gasteiger partial charge in [0.25, 0.3) is 0 Å². The number of sulfonamides is 1. The predicted molar refractivity (Wildman–Crippen MR) is 113 cm³/mol. The molecule has 5 nitrogen and oxygen atoms in total. The molecule has 0 bridgehead atoms. The maximum atomic E-state index is 12.6. The molecule has 1 aliphatic rings.